The minimum absolute atomic E-state index is 0.0223. The van der Waals surface area contributed by atoms with Crippen LogP contribution in [0.15, 0.2) is 27.6 Å². The number of fused-ring (bicyclic) bond motifs is 2. The normalized spacial score (nSPS) is 16.8. The van der Waals surface area contributed by atoms with Gasteiger partial charge in [-0.05, 0) is 48.9 Å². The van der Waals surface area contributed by atoms with Gasteiger partial charge >= 0.3 is 0 Å². The highest BCUT2D eigenvalue weighted by atomic mass is 32.2. The smallest absolute Gasteiger partial charge is 0.266 e. The summed E-state index contributed by atoms with van der Waals surface area (Å²) in [5, 5.41) is 4.34. The molecule has 0 radical (unpaired) electrons. The van der Waals surface area contributed by atoms with Crippen molar-refractivity contribution < 1.29 is 27.2 Å². The first-order chi connectivity index (χ1) is 16.4. The summed E-state index contributed by atoms with van der Waals surface area (Å²) in [5.74, 6) is 0.568. The quantitative estimate of drug-likeness (QED) is 0.511. The number of likely N-dealkylation sites (tertiary alicyclic amines) is 1. The largest absolute Gasteiger partial charge is 0.495 e. The molecule has 2 aromatic heterocycles. The number of nitrogens with one attached hydrogen (secondary N) is 1. The van der Waals surface area contributed by atoms with Crippen molar-refractivity contribution in [3.8, 4) is 11.6 Å². The van der Waals surface area contributed by atoms with Crippen LogP contribution in [0.3, 0.4) is 0 Å². The number of hydrogen-bond donors (Lipinski definition) is 1. The van der Waals surface area contributed by atoms with Crippen LogP contribution in [0, 0.1) is 0 Å². The Labute approximate surface area is 198 Å². The van der Waals surface area contributed by atoms with E-state index in [1.165, 1.54) is 14.2 Å². The third-order valence-electron chi connectivity index (χ3n) is 6.46. The first kappa shape index (κ1) is 22.9. The Morgan fingerprint density at radius 3 is 2.50 bits per heavy atom. The molecule has 0 bridgehead atoms. The van der Waals surface area contributed by atoms with E-state index in [0.717, 1.165) is 55.6 Å². The van der Waals surface area contributed by atoms with E-state index in [-0.39, 0.29) is 22.7 Å². The summed E-state index contributed by atoms with van der Waals surface area (Å²) < 4.78 is 51.0. The predicted octanol–water partition coefficient (Wildman–Crippen LogP) is 2.75. The molecule has 3 heterocycles. The van der Waals surface area contributed by atoms with Gasteiger partial charge in [0, 0.05) is 32.8 Å². The lowest BCUT2D eigenvalue weighted by molar-refractivity contribution is -0.0339. The molecule has 1 aliphatic heterocycles. The van der Waals surface area contributed by atoms with E-state index < -0.39 is 10.0 Å². The van der Waals surface area contributed by atoms with Gasteiger partial charge in [-0.15, -0.1) is 0 Å². The molecule has 5 rings (SSSR count). The molecule has 1 fully saturated rings. The molecule has 1 saturated heterocycles. The highest BCUT2D eigenvalue weighted by Gasteiger charge is 2.29. The van der Waals surface area contributed by atoms with Gasteiger partial charge < -0.3 is 18.7 Å². The second-order valence-corrected chi connectivity index (χ2v) is 10.3. The molecule has 1 aromatic carbocycles. The van der Waals surface area contributed by atoms with E-state index in [9.17, 15) is 8.42 Å². The van der Waals surface area contributed by atoms with Gasteiger partial charge in [0.15, 0.2) is 11.4 Å². The lowest BCUT2D eigenvalue weighted by Gasteiger charge is -2.37. The first-order valence-electron chi connectivity index (χ1n) is 11.2. The van der Waals surface area contributed by atoms with Crippen molar-refractivity contribution in [1.29, 1.82) is 0 Å². The number of rotatable bonds is 8. The van der Waals surface area contributed by atoms with Gasteiger partial charge in [0.2, 0.25) is 5.88 Å². The monoisotopic (exact) mass is 488 g/mol. The van der Waals surface area contributed by atoms with Gasteiger partial charge in [0.1, 0.15) is 16.0 Å². The van der Waals surface area contributed by atoms with E-state index in [0.29, 0.717) is 23.3 Å². The van der Waals surface area contributed by atoms with E-state index in [1.807, 2.05) is 6.07 Å². The van der Waals surface area contributed by atoms with Crippen molar-refractivity contribution in [2.24, 2.45) is 0 Å². The van der Waals surface area contributed by atoms with Crippen LogP contribution in [-0.4, -0.2) is 64.0 Å². The summed E-state index contributed by atoms with van der Waals surface area (Å²) in [5.41, 5.74) is 3.29. The Balaban J connectivity index is 1.46. The Morgan fingerprint density at radius 2 is 1.82 bits per heavy atom. The van der Waals surface area contributed by atoms with Crippen molar-refractivity contribution >= 4 is 26.8 Å². The molecular weight excluding hydrogens is 460 g/mol. The maximum absolute atomic E-state index is 13.4. The average Bonchev–Trinajstić information content (AvgIpc) is 3.21. The number of methoxy groups -OCH3 is 3. The molecule has 34 heavy (non-hydrogen) atoms. The van der Waals surface area contributed by atoms with Crippen molar-refractivity contribution in [1.82, 2.24) is 15.0 Å². The zero-order chi connectivity index (χ0) is 23.9. The minimum atomic E-state index is -4.01. The van der Waals surface area contributed by atoms with Gasteiger partial charge in [0.25, 0.3) is 10.0 Å². The van der Waals surface area contributed by atoms with Crippen LogP contribution in [0.5, 0.6) is 11.6 Å². The van der Waals surface area contributed by atoms with Crippen LogP contribution in [0.25, 0.3) is 11.0 Å². The number of ether oxygens (including phenoxy) is 3. The molecule has 1 N–H and O–H groups in total. The Hall–Kier alpha value is -2.89. The molecule has 3 aromatic rings. The first-order valence-corrected chi connectivity index (χ1v) is 12.7. The number of anilines is 1. The van der Waals surface area contributed by atoms with Gasteiger partial charge in [-0.1, -0.05) is 5.16 Å². The van der Waals surface area contributed by atoms with Gasteiger partial charge in [-0.25, -0.2) is 13.4 Å². The van der Waals surface area contributed by atoms with Crippen LogP contribution in [0.1, 0.15) is 29.7 Å². The van der Waals surface area contributed by atoms with Gasteiger partial charge in [-0.2, -0.15) is 0 Å². The van der Waals surface area contributed by atoms with Gasteiger partial charge in [-0.3, -0.25) is 9.62 Å². The van der Waals surface area contributed by atoms with Crippen molar-refractivity contribution in [3.63, 3.8) is 0 Å². The van der Waals surface area contributed by atoms with Crippen LogP contribution < -0.4 is 14.2 Å². The number of benzene rings is 1. The van der Waals surface area contributed by atoms with Crippen molar-refractivity contribution in [2.75, 3.05) is 39.1 Å². The standard InChI is InChI=1S/C23H28N4O6S/c1-30-17-12-27(13-17)11-16-10-19-21(23(24-16)32-3)22(25-33-19)26-34(28,29)20-9-15-7-5-4-6-14(15)8-18(20)31-2/h8-10,17H,4-7,11-13H2,1-3H3,(H,25,26). The number of aromatic nitrogens is 2. The Kier molecular flexibility index (Phi) is 6.09. The second-order valence-electron chi connectivity index (χ2n) is 8.66. The number of aryl methyl sites for hydroxylation is 2. The fourth-order valence-electron chi connectivity index (χ4n) is 4.60. The molecule has 10 nitrogen and oxygen atoms in total. The third kappa shape index (κ3) is 4.19. The summed E-state index contributed by atoms with van der Waals surface area (Å²) in [6.45, 7) is 2.24. The predicted molar refractivity (Wildman–Crippen MR) is 125 cm³/mol. The summed E-state index contributed by atoms with van der Waals surface area (Å²) in [7, 11) is 0.638. The molecule has 0 unspecified atom stereocenters. The van der Waals surface area contributed by atoms with Crippen LogP contribution in [0.4, 0.5) is 5.82 Å². The number of sulfonamides is 1. The summed E-state index contributed by atoms with van der Waals surface area (Å²) in [4.78, 5) is 6.81. The topological polar surface area (TPSA) is 116 Å². The zero-order valence-corrected chi connectivity index (χ0v) is 20.3. The molecule has 2 aliphatic rings. The van der Waals surface area contributed by atoms with E-state index in [2.05, 4.69) is 19.8 Å². The highest BCUT2D eigenvalue weighted by molar-refractivity contribution is 7.92. The molecule has 11 heteroatoms. The number of pyridine rings is 1. The van der Waals surface area contributed by atoms with E-state index in [4.69, 9.17) is 18.7 Å². The number of nitrogens with zero attached hydrogens (tertiary/aromatic N) is 3. The molecule has 0 amide bonds. The third-order valence-corrected chi connectivity index (χ3v) is 7.82. The fourth-order valence-corrected chi connectivity index (χ4v) is 5.81. The SMILES string of the molecule is COc1cc2c(cc1S(=O)(=O)Nc1noc3cc(CN4CC(OC)C4)nc(OC)c13)CCCC2. The van der Waals surface area contributed by atoms with Crippen molar-refractivity contribution in [2.45, 2.75) is 43.2 Å². The molecule has 1 aliphatic carbocycles. The average molecular weight is 489 g/mol. The molecule has 182 valence electrons. The molecule has 0 spiro atoms. The maximum Gasteiger partial charge on any atom is 0.266 e. The fraction of sp³-hybridized carbons (Fsp3) is 0.478. The van der Waals surface area contributed by atoms with E-state index >= 15 is 0 Å². The van der Waals surface area contributed by atoms with Crippen LogP contribution >= 0.6 is 0 Å². The maximum atomic E-state index is 13.4. The minimum Gasteiger partial charge on any atom is -0.495 e. The Bertz CT molecular complexity index is 1320. The molecular formula is C23H28N4O6S. The number of hydrogen-bond acceptors (Lipinski definition) is 9. The summed E-state index contributed by atoms with van der Waals surface area (Å²) >= 11 is 0. The van der Waals surface area contributed by atoms with Crippen LogP contribution in [-0.2, 0) is 34.1 Å². The highest BCUT2D eigenvalue weighted by Crippen LogP contribution is 2.36. The second kappa shape index (κ2) is 9.05. The summed E-state index contributed by atoms with van der Waals surface area (Å²) in [6, 6.07) is 5.27. The molecule has 0 saturated carbocycles. The zero-order valence-electron chi connectivity index (χ0n) is 19.5. The summed E-state index contributed by atoms with van der Waals surface area (Å²) in [6.07, 6.45) is 4.12. The van der Waals surface area contributed by atoms with Crippen molar-refractivity contribution in [3.05, 3.63) is 35.0 Å². The van der Waals surface area contributed by atoms with Crippen LogP contribution in [0.2, 0.25) is 0 Å². The lowest BCUT2D eigenvalue weighted by Crippen LogP contribution is -2.51. The van der Waals surface area contributed by atoms with E-state index in [1.54, 1.807) is 19.2 Å². The molecule has 0 atom stereocenters. The van der Waals surface area contributed by atoms with Gasteiger partial charge in [0.05, 0.1) is 26.0 Å². The lowest BCUT2D eigenvalue weighted by atomic mass is 9.92. The Morgan fingerprint density at radius 1 is 1.09 bits per heavy atom.